The highest BCUT2D eigenvalue weighted by Gasteiger charge is 2.41. The average Bonchev–Trinajstić information content (AvgIpc) is 2.98. The van der Waals surface area contributed by atoms with Crippen LogP contribution in [0.3, 0.4) is 0 Å². The maximum absolute atomic E-state index is 13.6. The maximum atomic E-state index is 13.6. The molecule has 4 rings (SSSR count). The van der Waals surface area contributed by atoms with Crippen molar-refractivity contribution in [2.24, 2.45) is 0 Å². The summed E-state index contributed by atoms with van der Waals surface area (Å²) in [5.41, 5.74) is 0.386. The fourth-order valence-electron chi connectivity index (χ4n) is 4.28. The second-order valence-corrected chi connectivity index (χ2v) is 11.3. The molecule has 2 heterocycles. The van der Waals surface area contributed by atoms with Gasteiger partial charge in [0.2, 0.25) is 15.9 Å². The van der Waals surface area contributed by atoms with Crippen LogP contribution >= 0.6 is 0 Å². The molecule has 1 fully saturated rings. The largest absolute Gasteiger partial charge is 0.573 e. The number of piperazine rings is 1. The van der Waals surface area contributed by atoms with Crippen LogP contribution in [0.4, 0.5) is 32.2 Å². The lowest BCUT2D eigenvalue weighted by molar-refractivity contribution is -0.275. The van der Waals surface area contributed by atoms with Crippen molar-refractivity contribution in [3.8, 4) is 11.5 Å². The second-order valence-electron chi connectivity index (χ2n) is 9.36. The van der Waals surface area contributed by atoms with Gasteiger partial charge in [0.25, 0.3) is 5.91 Å². The van der Waals surface area contributed by atoms with E-state index in [9.17, 15) is 44.3 Å². The van der Waals surface area contributed by atoms with Crippen molar-refractivity contribution in [2.75, 3.05) is 31.6 Å². The normalized spacial score (nSPS) is 16.2. The van der Waals surface area contributed by atoms with E-state index in [-0.39, 0.29) is 37.7 Å². The molecule has 1 aliphatic rings. The van der Waals surface area contributed by atoms with Gasteiger partial charge in [-0.2, -0.15) is 4.31 Å². The van der Waals surface area contributed by atoms with E-state index >= 15 is 0 Å². The van der Waals surface area contributed by atoms with Crippen LogP contribution in [-0.4, -0.2) is 80.2 Å². The highest BCUT2D eigenvalue weighted by molar-refractivity contribution is 7.89. The molecule has 3 aromatic rings. The summed E-state index contributed by atoms with van der Waals surface area (Å²) in [6.45, 7) is -0.678. The Hall–Kier alpha value is -4.65. The van der Waals surface area contributed by atoms with E-state index in [0.717, 1.165) is 40.7 Å². The summed E-state index contributed by atoms with van der Waals surface area (Å²) in [4.78, 5) is 26.4. The number of ether oxygens (including phenoxy) is 2. The smallest absolute Gasteiger partial charge is 0.406 e. The predicted octanol–water partition coefficient (Wildman–Crippen LogP) is 2.83. The number of nitrogens with zero attached hydrogens (tertiary/aromatic N) is 4. The molecule has 0 saturated carbocycles. The van der Waals surface area contributed by atoms with E-state index < -0.39 is 57.0 Å². The lowest BCUT2D eigenvalue weighted by atomic mass is 10.1. The Labute approximate surface area is 252 Å². The molecule has 2 N–H and O–H groups in total. The molecule has 1 aliphatic heterocycles. The minimum absolute atomic E-state index is 0.0151. The van der Waals surface area contributed by atoms with Gasteiger partial charge in [-0.15, -0.1) is 36.5 Å². The van der Waals surface area contributed by atoms with Gasteiger partial charge in [0.15, 0.2) is 11.5 Å². The Morgan fingerprint density at radius 1 is 0.867 bits per heavy atom. The summed E-state index contributed by atoms with van der Waals surface area (Å²) in [6.07, 6.45) is -9.89. The minimum atomic E-state index is -4.99. The molecule has 242 valence electrons. The van der Waals surface area contributed by atoms with Gasteiger partial charge >= 0.3 is 12.7 Å². The van der Waals surface area contributed by atoms with E-state index in [1.807, 2.05) is 0 Å². The number of sulfonamides is 1. The van der Waals surface area contributed by atoms with Crippen LogP contribution < -0.4 is 25.0 Å². The third-order valence-electron chi connectivity index (χ3n) is 6.36. The first-order valence-corrected chi connectivity index (χ1v) is 14.3. The lowest BCUT2D eigenvalue weighted by Crippen LogP contribution is -2.60. The van der Waals surface area contributed by atoms with E-state index in [1.54, 1.807) is 4.90 Å². The third-order valence-corrected chi connectivity index (χ3v) is 8.28. The van der Waals surface area contributed by atoms with Gasteiger partial charge < -0.3 is 25.0 Å². The predicted molar refractivity (Wildman–Crippen MR) is 143 cm³/mol. The summed E-state index contributed by atoms with van der Waals surface area (Å²) in [5.74, 6) is -2.18. The number of halogens is 6. The van der Waals surface area contributed by atoms with Gasteiger partial charge in [0.1, 0.15) is 17.5 Å². The molecule has 2 aromatic carbocycles. The van der Waals surface area contributed by atoms with Gasteiger partial charge in [-0.1, -0.05) is 12.1 Å². The second kappa shape index (κ2) is 13.1. The van der Waals surface area contributed by atoms with Crippen molar-refractivity contribution in [3.05, 3.63) is 71.9 Å². The molecule has 1 saturated heterocycles. The highest BCUT2D eigenvalue weighted by Crippen LogP contribution is 2.28. The molecule has 1 atom stereocenters. The van der Waals surface area contributed by atoms with Crippen LogP contribution in [0, 0.1) is 0 Å². The maximum Gasteiger partial charge on any atom is 0.573 e. The summed E-state index contributed by atoms with van der Waals surface area (Å²) in [5, 5.41) is 12.8. The van der Waals surface area contributed by atoms with E-state index in [0.29, 0.717) is 5.56 Å². The Kier molecular flexibility index (Phi) is 9.71. The Morgan fingerprint density at radius 3 is 1.96 bits per heavy atom. The van der Waals surface area contributed by atoms with Crippen LogP contribution in [0.2, 0.25) is 0 Å². The first-order chi connectivity index (χ1) is 21.1. The molecule has 0 unspecified atom stereocenters. The minimum Gasteiger partial charge on any atom is -0.406 e. The number of aromatic nitrogens is 2. The van der Waals surface area contributed by atoms with E-state index in [2.05, 4.69) is 30.3 Å². The molecule has 0 bridgehead atoms. The van der Waals surface area contributed by atoms with E-state index in [1.165, 1.54) is 31.3 Å². The molecule has 0 spiro atoms. The van der Waals surface area contributed by atoms with Crippen LogP contribution in [0.25, 0.3) is 0 Å². The number of hydrogen-bond acceptors (Lipinski definition) is 9. The number of carbonyl (C=O) groups is 2. The molecular weight excluding hydrogens is 638 g/mol. The zero-order chi connectivity index (χ0) is 33.0. The van der Waals surface area contributed by atoms with Crippen LogP contribution in [0.15, 0.2) is 65.6 Å². The molecule has 45 heavy (non-hydrogen) atoms. The first-order valence-electron chi connectivity index (χ1n) is 12.9. The third kappa shape index (κ3) is 8.72. The molecule has 1 aromatic heterocycles. The van der Waals surface area contributed by atoms with Gasteiger partial charge in [0.05, 0.1) is 4.90 Å². The van der Waals surface area contributed by atoms with Gasteiger partial charge in [-0.3, -0.25) is 9.59 Å². The molecule has 2 amide bonds. The van der Waals surface area contributed by atoms with Crippen molar-refractivity contribution < 1.29 is 53.8 Å². The zero-order valence-electron chi connectivity index (χ0n) is 23.1. The fraction of sp³-hybridized carbons (Fsp3) is 0.308. The summed E-state index contributed by atoms with van der Waals surface area (Å²) in [7, 11) is -3.05. The van der Waals surface area contributed by atoms with E-state index in [4.69, 9.17) is 0 Å². The Balaban J connectivity index is 1.56. The van der Waals surface area contributed by atoms with Crippen molar-refractivity contribution in [1.82, 2.24) is 25.1 Å². The molecule has 0 radical (unpaired) electrons. The zero-order valence-corrected chi connectivity index (χ0v) is 23.9. The molecule has 12 nitrogen and oxygen atoms in total. The topological polar surface area (TPSA) is 143 Å². The Bertz CT molecular complexity index is 1600. The number of carbonyl (C=O) groups excluding carboxylic acids is 2. The number of alkyl halides is 6. The number of rotatable bonds is 9. The SMILES string of the molecule is CNC(=O)c1ccc(N2CCN(S(=O)(=O)c3ccc(OC(F)(F)F)cc3)[C@@H](C(=O)NCc3ccc(OC(F)(F)F)cc3)C2)nn1. The standard InChI is InChI=1S/C26H24F6N6O6S/c1-33-23(39)20-10-11-22(36-35-20)37-12-13-38(45(41,42)19-8-6-18(7-9-19)44-26(30,31)32)21(15-37)24(40)34-14-16-2-4-17(5-3-16)43-25(27,28)29/h2-11,21H,12-15H2,1H3,(H,33,39)(H,34,40)/t21-/m1/s1. The van der Waals surface area contributed by atoms with Crippen molar-refractivity contribution in [1.29, 1.82) is 0 Å². The molecule has 0 aliphatic carbocycles. The number of anilines is 1. The highest BCUT2D eigenvalue weighted by atomic mass is 32.2. The summed E-state index contributed by atoms with van der Waals surface area (Å²) in [6, 6.07) is 9.54. The van der Waals surface area contributed by atoms with Gasteiger partial charge in [-0.25, -0.2) is 8.42 Å². The molecule has 19 heteroatoms. The van der Waals surface area contributed by atoms with Crippen LogP contribution in [0.5, 0.6) is 11.5 Å². The van der Waals surface area contributed by atoms with Crippen LogP contribution in [0.1, 0.15) is 16.1 Å². The van der Waals surface area contributed by atoms with Crippen molar-refractivity contribution in [3.63, 3.8) is 0 Å². The number of benzene rings is 2. The van der Waals surface area contributed by atoms with Crippen molar-refractivity contribution in [2.45, 2.75) is 30.2 Å². The molecular formula is C26H24F6N6O6S. The summed E-state index contributed by atoms with van der Waals surface area (Å²) < 4.78 is 111. The number of amides is 2. The van der Waals surface area contributed by atoms with Gasteiger partial charge in [0, 0.05) is 33.2 Å². The average molecular weight is 663 g/mol. The lowest BCUT2D eigenvalue weighted by Gasteiger charge is -2.40. The van der Waals surface area contributed by atoms with Crippen molar-refractivity contribution >= 4 is 27.7 Å². The summed E-state index contributed by atoms with van der Waals surface area (Å²) >= 11 is 0. The quantitative estimate of drug-likeness (QED) is 0.331. The monoisotopic (exact) mass is 662 g/mol. The van der Waals surface area contributed by atoms with Gasteiger partial charge in [-0.05, 0) is 54.1 Å². The fourth-order valence-corrected chi connectivity index (χ4v) is 5.85. The number of hydrogen-bond donors (Lipinski definition) is 2. The number of nitrogens with one attached hydrogen (secondary N) is 2. The Morgan fingerprint density at radius 2 is 1.44 bits per heavy atom. The van der Waals surface area contributed by atoms with Crippen LogP contribution in [-0.2, 0) is 21.4 Å². The first kappa shape index (κ1) is 33.2.